The number of nitrogens with zero attached hydrogens (tertiary/aromatic N) is 1. The van der Waals surface area contributed by atoms with Gasteiger partial charge in [0.1, 0.15) is 0 Å². The second kappa shape index (κ2) is 9.06. The van der Waals surface area contributed by atoms with Crippen LogP contribution < -0.4 is 10.6 Å². The van der Waals surface area contributed by atoms with Gasteiger partial charge in [0.25, 0.3) is 11.8 Å². The van der Waals surface area contributed by atoms with E-state index in [0.717, 1.165) is 16.8 Å². The first-order valence-corrected chi connectivity index (χ1v) is 10.6. The van der Waals surface area contributed by atoms with Gasteiger partial charge in [-0.3, -0.25) is 14.4 Å². The highest BCUT2D eigenvalue weighted by atomic mass is 16.2. The molecule has 0 bridgehead atoms. The Morgan fingerprint density at radius 1 is 0.938 bits per heavy atom. The van der Waals surface area contributed by atoms with Gasteiger partial charge in [0.15, 0.2) is 0 Å². The molecule has 3 amide bonds. The molecular weight excluding hydrogens is 402 g/mol. The summed E-state index contributed by atoms with van der Waals surface area (Å²) in [5.74, 6) is -0.279. The molecule has 3 aromatic rings. The summed E-state index contributed by atoms with van der Waals surface area (Å²) in [6, 6.07) is 21.7. The second-order valence-corrected chi connectivity index (χ2v) is 7.96. The molecule has 6 heteroatoms. The van der Waals surface area contributed by atoms with Crippen LogP contribution in [0, 0.1) is 0 Å². The molecule has 1 aliphatic heterocycles. The van der Waals surface area contributed by atoms with Crippen LogP contribution >= 0.6 is 0 Å². The molecule has 0 saturated heterocycles. The van der Waals surface area contributed by atoms with Gasteiger partial charge in [0.05, 0.1) is 6.04 Å². The van der Waals surface area contributed by atoms with Crippen LogP contribution in [-0.4, -0.2) is 29.7 Å². The molecule has 0 saturated carbocycles. The smallest absolute Gasteiger partial charge is 0.255 e. The van der Waals surface area contributed by atoms with Gasteiger partial charge in [0.2, 0.25) is 5.91 Å². The van der Waals surface area contributed by atoms with E-state index < -0.39 is 0 Å². The van der Waals surface area contributed by atoms with Crippen molar-refractivity contribution < 1.29 is 14.4 Å². The fraction of sp³-hybridized carbons (Fsp3) is 0.192. The van der Waals surface area contributed by atoms with Crippen molar-refractivity contribution in [2.24, 2.45) is 0 Å². The first kappa shape index (κ1) is 21.3. The number of amides is 3. The summed E-state index contributed by atoms with van der Waals surface area (Å²) in [5.41, 5.74) is 4.51. The van der Waals surface area contributed by atoms with E-state index in [-0.39, 0.29) is 23.8 Å². The van der Waals surface area contributed by atoms with E-state index in [4.69, 9.17) is 0 Å². The van der Waals surface area contributed by atoms with E-state index in [1.807, 2.05) is 55.5 Å². The molecule has 32 heavy (non-hydrogen) atoms. The summed E-state index contributed by atoms with van der Waals surface area (Å²) in [6.07, 6.45) is 1.06. The Bertz CT molecular complexity index is 1170. The predicted octanol–water partition coefficient (Wildman–Crippen LogP) is 4.66. The number of anilines is 2. The molecule has 0 aromatic heterocycles. The maximum absolute atomic E-state index is 13.1. The van der Waals surface area contributed by atoms with Crippen molar-refractivity contribution >= 4 is 29.1 Å². The zero-order valence-electron chi connectivity index (χ0n) is 18.1. The molecule has 0 fully saturated rings. The first-order valence-electron chi connectivity index (χ1n) is 10.6. The average molecular weight is 428 g/mol. The van der Waals surface area contributed by atoms with Crippen LogP contribution in [0.1, 0.15) is 51.2 Å². The number of hydrogen-bond donors (Lipinski definition) is 2. The van der Waals surface area contributed by atoms with Crippen molar-refractivity contribution in [1.29, 1.82) is 0 Å². The van der Waals surface area contributed by atoms with E-state index in [1.165, 1.54) is 0 Å². The van der Waals surface area contributed by atoms with Crippen molar-refractivity contribution in [1.82, 2.24) is 4.90 Å². The highest BCUT2D eigenvalue weighted by Gasteiger charge is 2.22. The fourth-order valence-electron chi connectivity index (χ4n) is 3.79. The molecule has 0 spiro atoms. The van der Waals surface area contributed by atoms with Crippen LogP contribution in [0.15, 0.2) is 72.8 Å². The van der Waals surface area contributed by atoms with E-state index in [2.05, 4.69) is 10.6 Å². The number of carbonyl (C=O) groups excluding carboxylic acids is 3. The Morgan fingerprint density at radius 2 is 1.72 bits per heavy atom. The Kier molecular flexibility index (Phi) is 6.03. The zero-order valence-corrected chi connectivity index (χ0v) is 18.1. The number of rotatable bonds is 5. The number of hydrogen-bond acceptors (Lipinski definition) is 3. The molecule has 1 unspecified atom stereocenters. The summed E-state index contributed by atoms with van der Waals surface area (Å²) in [5, 5.41) is 5.75. The predicted molar refractivity (Wildman–Crippen MR) is 125 cm³/mol. The zero-order chi connectivity index (χ0) is 22.7. The van der Waals surface area contributed by atoms with Gasteiger partial charge in [-0.2, -0.15) is 0 Å². The third-order valence-corrected chi connectivity index (χ3v) is 5.81. The molecule has 162 valence electrons. The fourth-order valence-corrected chi connectivity index (χ4v) is 3.79. The van der Waals surface area contributed by atoms with Crippen LogP contribution in [0.5, 0.6) is 0 Å². The average Bonchev–Trinajstić information content (AvgIpc) is 2.83. The standard InChI is InChI=1S/C26H25N3O3/c1-17(19-9-6-10-22(16-19)27-25(31)18-7-4-3-5-8-18)29(2)26(32)21-11-13-23-20(15-21)12-14-24(30)28-23/h3-11,13,15-17H,12,14H2,1-2H3,(H,27,31)(H,28,30). The van der Waals surface area contributed by atoms with E-state index >= 15 is 0 Å². The molecule has 4 rings (SSSR count). The summed E-state index contributed by atoms with van der Waals surface area (Å²) in [7, 11) is 1.77. The number of nitrogens with one attached hydrogen (secondary N) is 2. The number of fused-ring (bicyclic) bond motifs is 1. The van der Waals surface area contributed by atoms with Crippen LogP contribution in [0.4, 0.5) is 11.4 Å². The number of benzene rings is 3. The van der Waals surface area contributed by atoms with Crippen molar-refractivity contribution in [3.63, 3.8) is 0 Å². The Balaban J connectivity index is 1.48. The van der Waals surface area contributed by atoms with Crippen LogP contribution in [0.3, 0.4) is 0 Å². The number of aryl methyl sites for hydroxylation is 1. The molecule has 1 atom stereocenters. The van der Waals surface area contributed by atoms with Gasteiger partial charge in [0, 0.05) is 36.0 Å². The van der Waals surface area contributed by atoms with Crippen molar-refractivity contribution in [3.8, 4) is 0 Å². The van der Waals surface area contributed by atoms with Gasteiger partial charge in [-0.25, -0.2) is 0 Å². The molecule has 3 aromatic carbocycles. The first-order chi connectivity index (χ1) is 15.4. The minimum atomic E-state index is -0.202. The molecule has 1 aliphatic rings. The summed E-state index contributed by atoms with van der Waals surface area (Å²) < 4.78 is 0. The molecule has 0 radical (unpaired) electrons. The van der Waals surface area contributed by atoms with Crippen LogP contribution in [-0.2, 0) is 11.2 Å². The van der Waals surface area contributed by atoms with Gasteiger partial charge in [-0.1, -0.05) is 30.3 Å². The topological polar surface area (TPSA) is 78.5 Å². The maximum Gasteiger partial charge on any atom is 0.255 e. The highest BCUT2D eigenvalue weighted by Crippen LogP contribution is 2.27. The van der Waals surface area contributed by atoms with Gasteiger partial charge in [-0.05, 0) is 66.9 Å². The quantitative estimate of drug-likeness (QED) is 0.622. The molecule has 6 nitrogen and oxygen atoms in total. The summed E-state index contributed by atoms with van der Waals surface area (Å²) >= 11 is 0. The largest absolute Gasteiger partial charge is 0.335 e. The summed E-state index contributed by atoms with van der Waals surface area (Å²) in [6.45, 7) is 1.95. The third kappa shape index (κ3) is 4.54. The van der Waals surface area contributed by atoms with E-state index in [0.29, 0.717) is 29.7 Å². The Labute approximate surface area is 187 Å². The highest BCUT2D eigenvalue weighted by molar-refractivity contribution is 6.04. The van der Waals surface area contributed by atoms with Crippen molar-refractivity contribution in [3.05, 3.63) is 95.1 Å². The van der Waals surface area contributed by atoms with Crippen LogP contribution in [0.2, 0.25) is 0 Å². The molecular formula is C26H25N3O3. The van der Waals surface area contributed by atoms with Gasteiger partial charge >= 0.3 is 0 Å². The molecule has 0 aliphatic carbocycles. The lowest BCUT2D eigenvalue weighted by atomic mass is 9.99. The minimum absolute atomic E-state index is 0.00144. The SMILES string of the molecule is CC(c1cccc(NC(=O)c2ccccc2)c1)N(C)C(=O)c1ccc2c(c1)CCC(=O)N2. The monoisotopic (exact) mass is 427 g/mol. The van der Waals surface area contributed by atoms with E-state index in [9.17, 15) is 14.4 Å². The van der Waals surface area contributed by atoms with Crippen molar-refractivity contribution in [2.45, 2.75) is 25.8 Å². The van der Waals surface area contributed by atoms with Gasteiger partial charge < -0.3 is 15.5 Å². The lowest BCUT2D eigenvalue weighted by Gasteiger charge is -2.26. The van der Waals surface area contributed by atoms with Gasteiger partial charge in [-0.15, -0.1) is 0 Å². The van der Waals surface area contributed by atoms with Crippen LogP contribution in [0.25, 0.3) is 0 Å². The van der Waals surface area contributed by atoms with E-state index in [1.54, 1.807) is 36.2 Å². The lowest BCUT2D eigenvalue weighted by Crippen LogP contribution is -2.30. The normalized spacial score (nSPS) is 13.5. The van der Waals surface area contributed by atoms with Crippen molar-refractivity contribution in [2.75, 3.05) is 17.7 Å². The minimum Gasteiger partial charge on any atom is -0.335 e. The Hall–Kier alpha value is -3.93. The molecule has 2 N–H and O–H groups in total. The molecule has 1 heterocycles. The number of carbonyl (C=O) groups is 3. The lowest BCUT2D eigenvalue weighted by molar-refractivity contribution is -0.116. The summed E-state index contributed by atoms with van der Waals surface area (Å²) in [4.78, 5) is 38.8. The Morgan fingerprint density at radius 3 is 2.50 bits per heavy atom. The third-order valence-electron chi connectivity index (χ3n) is 5.81. The maximum atomic E-state index is 13.1. The second-order valence-electron chi connectivity index (χ2n) is 7.96.